The average Bonchev–Trinajstić information content (AvgIpc) is 1.99. The maximum atomic E-state index is 9.60. The summed E-state index contributed by atoms with van der Waals surface area (Å²) in [6.07, 6.45) is 3.24. The van der Waals surface area contributed by atoms with Crippen LogP contribution in [0.1, 0.15) is 13.3 Å². The molecule has 0 fully saturated rings. The molecule has 84 valence electrons. The van der Waals surface area contributed by atoms with E-state index in [1.807, 2.05) is 0 Å². The van der Waals surface area contributed by atoms with Gasteiger partial charge in [-0.1, -0.05) is 12.2 Å². The Morgan fingerprint density at radius 2 is 1.93 bits per heavy atom. The minimum absolute atomic E-state index is 0.0243. The standard InChI is InChI=1S/C5H14NO.C5H8O2/c1-6(2,3)4-5-7;1-2-3-4-5(6)7/h7H,4-5H2,1-3H3;2-3H,4H2,1H3,(H,6,7)/q+1;/p-1. The number of rotatable bonds is 4. The minimum atomic E-state index is -1.03. The summed E-state index contributed by atoms with van der Waals surface area (Å²) in [5, 5.41) is 18.0. The summed E-state index contributed by atoms with van der Waals surface area (Å²) in [5.74, 6) is -1.03. The lowest BCUT2D eigenvalue weighted by molar-refractivity contribution is -0.870. The molecule has 0 aromatic carbocycles. The number of aliphatic hydroxyl groups is 1. The molecule has 0 bridgehead atoms. The van der Waals surface area contributed by atoms with E-state index in [4.69, 9.17) is 5.11 Å². The third kappa shape index (κ3) is 22.5. The number of nitrogens with zero attached hydrogens (tertiary/aromatic N) is 1. The van der Waals surface area contributed by atoms with Crippen molar-refractivity contribution in [1.82, 2.24) is 0 Å². The van der Waals surface area contributed by atoms with Gasteiger partial charge in [-0.15, -0.1) is 0 Å². The van der Waals surface area contributed by atoms with Crippen LogP contribution in [0.15, 0.2) is 12.2 Å². The fraction of sp³-hybridized carbons (Fsp3) is 0.700. The van der Waals surface area contributed by atoms with Gasteiger partial charge in [0.2, 0.25) is 0 Å². The fourth-order valence-corrected chi connectivity index (χ4v) is 0.514. The Morgan fingerprint density at radius 1 is 1.43 bits per heavy atom. The highest BCUT2D eigenvalue weighted by Gasteiger charge is 2.02. The van der Waals surface area contributed by atoms with Gasteiger partial charge in [0.1, 0.15) is 6.54 Å². The van der Waals surface area contributed by atoms with Crippen molar-refractivity contribution in [2.24, 2.45) is 0 Å². The molecule has 0 aliphatic heterocycles. The zero-order valence-corrected chi connectivity index (χ0v) is 9.49. The van der Waals surface area contributed by atoms with Crippen molar-refractivity contribution in [2.75, 3.05) is 34.3 Å². The van der Waals surface area contributed by atoms with Crippen molar-refractivity contribution in [3.05, 3.63) is 12.2 Å². The largest absolute Gasteiger partial charge is 0.550 e. The van der Waals surface area contributed by atoms with Gasteiger partial charge < -0.3 is 19.5 Å². The zero-order valence-electron chi connectivity index (χ0n) is 9.49. The normalized spacial score (nSPS) is 10.9. The van der Waals surface area contributed by atoms with E-state index < -0.39 is 5.97 Å². The molecular weight excluding hydrogens is 182 g/mol. The number of aliphatic carboxylic acids is 1. The monoisotopic (exact) mass is 203 g/mol. The highest BCUT2D eigenvalue weighted by Crippen LogP contribution is 1.84. The fourth-order valence-electron chi connectivity index (χ4n) is 0.514. The molecule has 0 aromatic heterocycles. The van der Waals surface area contributed by atoms with Crippen molar-refractivity contribution in [3.63, 3.8) is 0 Å². The van der Waals surface area contributed by atoms with Gasteiger partial charge in [0, 0.05) is 12.4 Å². The summed E-state index contributed by atoms with van der Waals surface area (Å²) >= 11 is 0. The van der Waals surface area contributed by atoms with Crippen LogP contribution < -0.4 is 5.11 Å². The third-order valence-electron chi connectivity index (χ3n) is 1.29. The van der Waals surface area contributed by atoms with Crippen molar-refractivity contribution in [2.45, 2.75) is 13.3 Å². The van der Waals surface area contributed by atoms with Crippen LogP contribution in [0.4, 0.5) is 0 Å². The topological polar surface area (TPSA) is 60.4 Å². The lowest BCUT2D eigenvalue weighted by Crippen LogP contribution is -2.36. The predicted octanol–water partition coefficient (Wildman–Crippen LogP) is -0.613. The van der Waals surface area contributed by atoms with Gasteiger partial charge in [-0.05, 0) is 6.92 Å². The number of carboxylic acid groups (broad SMARTS) is 1. The second-order valence-electron chi connectivity index (χ2n) is 3.88. The number of hydrogen-bond donors (Lipinski definition) is 1. The van der Waals surface area contributed by atoms with E-state index in [2.05, 4.69) is 21.1 Å². The van der Waals surface area contributed by atoms with E-state index in [-0.39, 0.29) is 13.0 Å². The maximum absolute atomic E-state index is 9.60. The van der Waals surface area contributed by atoms with E-state index in [0.717, 1.165) is 11.0 Å². The Kier molecular flexibility index (Phi) is 9.71. The second kappa shape index (κ2) is 8.72. The number of likely N-dealkylation sites (N-methyl/N-ethyl adjacent to an activating group) is 1. The molecule has 14 heavy (non-hydrogen) atoms. The van der Waals surface area contributed by atoms with Crippen LogP contribution in [-0.4, -0.2) is 49.9 Å². The summed E-state index contributed by atoms with van der Waals surface area (Å²) < 4.78 is 0.844. The molecule has 0 heterocycles. The number of hydrogen-bond acceptors (Lipinski definition) is 3. The zero-order chi connectivity index (χ0) is 11.6. The number of carboxylic acids is 1. The molecule has 0 aliphatic carbocycles. The van der Waals surface area contributed by atoms with Crippen molar-refractivity contribution in [3.8, 4) is 0 Å². The first-order valence-electron chi connectivity index (χ1n) is 4.55. The first-order valence-corrected chi connectivity index (χ1v) is 4.55. The average molecular weight is 203 g/mol. The van der Waals surface area contributed by atoms with Crippen molar-refractivity contribution in [1.29, 1.82) is 0 Å². The third-order valence-corrected chi connectivity index (χ3v) is 1.29. The van der Waals surface area contributed by atoms with Crippen LogP contribution in [0.5, 0.6) is 0 Å². The molecule has 0 unspecified atom stereocenters. The van der Waals surface area contributed by atoms with Gasteiger partial charge in [0.05, 0.1) is 27.7 Å². The Balaban J connectivity index is 0. The molecule has 4 nitrogen and oxygen atoms in total. The molecule has 0 saturated carbocycles. The lowest BCUT2D eigenvalue weighted by atomic mass is 10.4. The Labute approximate surface area is 86.1 Å². The molecule has 0 aromatic rings. The molecule has 0 aliphatic rings. The van der Waals surface area contributed by atoms with Gasteiger partial charge in [-0.2, -0.15) is 0 Å². The number of quaternary nitrogens is 1. The van der Waals surface area contributed by atoms with E-state index >= 15 is 0 Å². The van der Waals surface area contributed by atoms with Gasteiger partial charge in [-0.3, -0.25) is 0 Å². The molecule has 0 rings (SSSR count). The van der Waals surface area contributed by atoms with E-state index in [0.29, 0.717) is 0 Å². The summed E-state index contributed by atoms with van der Waals surface area (Å²) in [6, 6.07) is 0. The van der Waals surface area contributed by atoms with Gasteiger partial charge in [0.15, 0.2) is 0 Å². The number of aliphatic hydroxyl groups excluding tert-OH is 1. The van der Waals surface area contributed by atoms with Crippen LogP contribution >= 0.6 is 0 Å². The molecule has 0 saturated heterocycles. The lowest BCUT2D eigenvalue weighted by Gasteiger charge is -2.21. The highest BCUT2D eigenvalue weighted by atomic mass is 16.4. The molecule has 4 heteroatoms. The van der Waals surface area contributed by atoms with E-state index in [1.54, 1.807) is 13.0 Å². The minimum Gasteiger partial charge on any atom is -0.550 e. The summed E-state index contributed by atoms with van der Waals surface area (Å²) in [4.78, 5) is 9.60. The van der Waals surface area contributed by atoms with E-state index in [9.17, 15) is 9.90 Å². The SMILES string of the molecule is CC=CCC(=O)[O-].C[N+](C)(C)CCO. The van der Waals surface area contributed by atoms with Crippen LogP contribution in [-0.2, 0) is 4.79 Å². The maximum Gasteiger partial charge on any atom is 0.101 e. The smallest absolute Gasteiger partial charge is 0.101 e. The summed E-state index contributed by atoms with van der Waals surface area (Å²) in [6.45, 7) is 2.88. The van der Waals surface area contributed by atoms with E-state index in [1.165, 1.54) is 6.08 Å². The molecule has 0 spiro atoms. The molecule has 0 amide bonds. The van der Waals surface area contributed by atoms with Gasteiger partial charge in [-0.25, -0.2) is 0 Å². The molecular formula is C10H21NO3. The molecule has 1 N–H and O–H groups in total. The molecule has 0 radical (unpaired) electrons. The Bertz CT molecular complexity index is 171. The van der Waals surface area contributed by atoms with Crippen LogP contribution in [0.2, 0.25) is 0 Å². The van der Waals surface area contributed by atoms with Crippen LogP contribution in [0.25, 0.3) is 0 Å². The van der Waals surface area contributed by atoms with Crippen molar-refractivity contribution < 1.29 is 19.5 Å². The van der Waals surface area contributed by atoms with Crippen LogP contribution in [0, 0.1) is 0 Å². The number of allylic oxidation sites excluding steroid dienone is 1. The quantitative estimate of drug-likeness (QED) is 0.489. The number of carbonyl (C=O) groups is 1. The summed E-state index contributed by atoms with van der Waals surface area (Å²) in [5.41, 5.74) is 0. The van der Waals surface area contributed by atoms with Crippen molar-refractivity contribution >= 4 is 5.97 Å². The first kappa shape index (κ1) is 15.6. The summed E-state index contributed by atoms with van der Waals surface area (Å²) in [7, 11) is 6.16. The second-order valence-corrected chi connectivity index (χ2v) is 3.88. The van der Waals surface area contributed by atoms with Crippen LogP contribution in [0.3, 0.4) is 0 Å². The Morgan fingerprint density at radius 3 is 2.00 bits per heavy atom. The van der Waals surface area contributed by atoms with Gasteiger partial charge in [0.25, 0.3) is 0 Å². The number of carbonyl (C=O) groups excluding carboxylic acids is 1. The molecule has 0 atom stereocenters. The Hall–Kier alpha value is -0.870. The first-order chi connectivity index (χ1) is 6.33. The predicted molar refractivity (Wildman–Crippen MR) is 54.4 cm³/mol. The highest BCUT2D eigenvalue weighted by molar-refractivity contribution is 5.66. The van der Waals surface area contributed by atoms with Gasteiger partial charge >= 0.3 is 0 Å².